The second-order valence-corrected chi connectivity index (χ2v) is 9.04. The Morgan fingerprint density at radius 1 is 1.20 bits per heavy atom. The number of sulfonamides is 1. The number of rotatable bonds is 4. The van der Waals surface area contributed by atoms with Crippen molar-refractivity contribution in [1.29, 1.82) is 0 Å². The molecule has 0 fully saturated rings. The quantitative estimate of drug-likeness (QED) is 0.830. The lowest BCUT2D eigenvalue weighted by Gasteiger charge is -2.29. The van der Waals surface area contributed by atoms with E-state index in [0.29, 0.717) is 10.6 Å². The second-order valence-electron chi connectivity index (χ2n) is 6.29. The summed E-state index contributed by atoms with van der Waals surface area (Å²) in [5, 5.41) is 4.68. The molecule has 0 saturated carbocycles. The number of nitrogens with zero attached hydrogens (tertiary/aromatic N) is 1. The molecule has 0 atom stereocenters. The third-order valence-electron chi connectivity index (χ3n) is 3.91. The molecule has 3 rings (SSSR count). The van der Waals surface area contributed by atoms with E-state index in [4.69, 9.17) is 0 Å². The highest BCUT2D eigenvalue weighted by atomic mass is 32.2. The third kappa shape index (κ3) is 3.34. The van der Waals surface area contributed by atoms with E-state index in [1.165, 1.54) is 21.8 Å². The normalized spacial score (nSPS) is 17.8. The van der Waals surface area contributed by atoms with Crippen molar-refractivity contribution in [3.8, 4) is 0 Å². The van der Waals surface area contributed by atoms with Gasteiger partial charge in [-0.05, 0) is 37.8 Å². The monoisotopic (exact) mass is 376 g/mol. The maximum absolute atomic E-state index is 13.1. The van der Waals surface area contributed by atoms with Crippen LogP contribution in [0.2, 0.25) is 0 Å². The van der Waals surface area contributed by atoms with E-state index < -0.39 is 15.8 Å². The van der Waals surface area contributed by atoms with E-state index in [1.807, 2.05) is 45.0 Å². The Morgan fingerprint density at radius 2 is 1.88 bits per heavy atom. The minimum absolute atomic E-state index is 0.0331. The number of hydrogen-bond donors (Lipinski definition) is 1. The van der Waals surface area contributed by atoms with Gasteiger partial charge in [-0.2, -0.15) is 0 Å². The summed E-state index contributed by atoms with van der Waals surface area (Å²) in [6, 6.07) is 9.43. The van der Waals surface area contributed by atoms with Crippen LogP contribution in [0.4, 0.5) is 5.69 Å². The topological polar surface area (TPSA) is 66.5 Å². The van der Waals surface area contributed by atoms with Crippen molar-refractivity contribution < 1.29 is 13.2 Å². The van der Waals surface area contributed by atoms with Crippen molar-refractivity contribution in [3.63, 3.8) is 0 Å². The maximum Gasteiger partial charge on any atom is 0.270 e. The molecule has 7 heteroatoms. The number of carbonyl (C=O) groups excluding carboxylic acids is 1. The van der Waals surface area contributed by atoms with Crippen molar-refractivity contribution >= 4 is 32.8 Å². The summed E-state index contributed by atoms with van der Waals surface area (Å²) in [6.07, 6.45) is 1.33. The summed E-state index contributed by atoms with van der Waals surface area (Å²) < 4.78 is 27.5. The number of Topliss-reactive ketones (excluding diaryl/α,β-unsaturated/α-hetero) is 1. The van der Waals surface area contributed by atoms with Gasteiger partial charge in [-0.1, -0.05) is 29.8 Å². The molecule has 25 heavy (non-hydrogen) atoms. The van der Waals surface area contributed by atoms with Gasteiger partial charge in [0, 0.05) is 12.2 Å². The Labute approximate surface area is 152 Å². The number of carbonyl (C=O) groups is 1. The molecule has 0 spiro atoms. The number of nitrogens with one attached hydrogen (secondary N) is 1. The van der Waals surface area contributed by atoms with Gasteiger partial charge in [-0.3, -0.25) is 9.10 Å². The largest absolute Gasteiger partial charge is 0.387 e. The first-order chi connectivity index (χ1) is 11.8. The molecule has 2 heterocycles. The van der Waals surface area contributed by atoms with Crippen LogP contribution in [0.1, 0.15) is 34.6 Å². The Bertz CT molecular complexity index is 925. The molecular weight excluding hydrogens is 356 g/mol. The average Bonchev–Trinajstić information content (AvgIpc) is 3.02. The van der Waals surface area contributed by atoms with Gasteiger partial charge in [-0.15, -0.1) is 11.3 Å². The van der Waals surface area contributed by atoms with Gasteiger partial charge < -0.3 is 5.32 Å². The highest BCUT2D eigenvalue weighted by Gasteiger charge is 2.41. The zero-order chi connectivity index (χ0) is 18.2. The molecule has 0 saturated heterocycles. The molecule has 5 nitrogen and oxygen atoms in total. The molecule has 1 aliphatic heterocycles. The highest BCUT2D eigenvalue weighted by Crippen LogP contribution is 2.39. The Hall–Kier alpha value is -2.12. The summed E-state index contributed by atoms with van der Waals surface area (Å²) in [6.45, 7) is 5.95. The fourth-order valence-corrected chi connectivity index (χ4v) is 5.05. The average molecular weight is 377 g/mol. The number of benzene rings is 1. The lowest BCUT2D eigenvalue weighted by molar-refractivity contribution is 0.104. The highest BCUT2D eigenvalue weighted by molar-refractivity contribution is 7.97. The molecule has 0 aliphatic carbocycles. The van der Waals surface area contributed by atoms with E-state index >= 15 is 0 Å². The van der Waals surface area contributed by atoms with Crippen LogP contribution in [0.15, 0.2) is 46.8 Å². The minimum Gasteiger partial charge on any atom is -0.387 e. The molecule has 0 amide bonds. The third-order valence-corrected chi connectivity index (χ3v) is 6.57. The summed E-state index contributed by atoms with van der Waals surface area (Å²) in [4.78, 5) is 12.9. The van der Waals surface area contributed by atoms with Crippen molar-refractivity contribution in [2.24, 2.45) is 0 Å². The van der Waals surface area contributed by atoms with Crippen LogP contribution in [0.3, 0.4) is 0 Å². The van der Waals surface area contributed by atoms with Crippen LogP contribution >= 0.6 is 11.3 Å². The Balaban J connectivity index is 2.07. The van der Waals surface area contributed by atoms with E-state index in [9.17, 15) is 13.2 Å². The molecule has 0 bridgehead atoms. The SMILES string of the molecule is Cc1ccc(CN2c3ccsc3C(=O)C(=CNC(C)C)S2(=O)=O)cc1. The van der Waals surface area contributed by atoms with Gasteiger partial charge in [0.25, 0.3) is 10.0 Å². The Kier molecular flexibility index (Phi) is 4.71. The predicted molar refractivity (Wildman–Crippen MR) is 101 cm³/mol. The number of ketones is 1. The molecule has 2 aromatic rings. The molecule has 0 radical (unpaired) electrons. The van der Waals surface area contributed by atoms with Crippen molar-refractivity contribution in [2.75, 3.05) is 4.31 Å². The molecular formula is C18H20N2O3S2. The van der Waals surface area contributed by atoms with Crippen molar-refractivity contribution in [2.45, 2.75) is 33.4 Å². The number of fused-ring (bicyclic) bond motifs is 1. The lowest BCUT2D eigenvalue weighted by atomic mass is 10.1. The fraction of sp³-hybridized carbons (Fsp3) is 0.278. The van der Waals surface area contributed by atoms with Gasteiger partial charge in [0.15, 0.2) is 4.91 Å². The lowest BCUT2D eigenvalue weighted by Crippen LogP contribution is -2.39. The summed E-state index contributed by atoms with van der Waals surface area (Å²) in [7, 11) is -3.91. The minimum atomic E-state index is -3.91. The predicted octanol–water partition coefficient (Wildman–Crippen LogP) is 3.43. The summed E-state index contributed by atoms with van der Waals surface area (Å²) >= 11 is 1.26. The van der Waals surface area contributed by atoms with Crippen molar-refractivity contribution in [3.05, 3.63) is 62.8 Å². The zero-order valence-electron chi connectivity index (χ0n) is 14.3. The first-order valence-corrected chi connectivity index (χ1v) is 10.3. The fourth-order valence-electron chi connectivity index (χ4n) is 2.56. The standard InChI is InChI=1S/C18H20N2O3S2/c1-12(2)19-10-16-17(21)18-15(8-9-24-18)20(25(16,22)23)11-14-6-4-13(3)5-7-14/h4-10,12,19H,11H2,1-3H3. The van der Waals surface area contributed by atoms with E-state index in [1.54, 1.807) is 11.4 Å². The van der Waals surface area contributed by atoms with Gasteiger partial charge >= 0.3 is 0 Å². The Morgan fingerprint density at radius 3 is 2.52 bits per heavy atom. The van der Waals surface area contributed by atoms with Crippen molar-refractivity contribution in [1.82, 2.24) is 5.32 Å². The van der Waals surface area contributed by atoms with Gasteiger partial charge in [0.05, 0.1) is 12.2 Å². The van der Waals surface area contributed by atoms with Crippen LogP contribution in [0.5, 0.6) is 0 Å². The van der Waals surface area contributed by atoms with Gasteiger partial charge in [0.2, 0.25) is 5.78 Å². The van der Waals surface area contributed by atoms with E-state index in [-0.39, 0.29) is 17.5 Å². The molecule has 1 aliphatic rings. The summed E-state index contributed by atoms with van der Waals surface area (Å²) in [5.74, 6) is -0.446. The van der Waals surface area contributed by atoms with Crippen LogP contribution in [0.25, 0.3) is 0 Å². The second kappa shape index (κ2) is 6.65. The molecule has 132 valence electrons. The first kappa shape index (κ1) is 17.7. The number of anilines is 1. The molecule has 1 aromatic heterocycles. The first-order valence-electron chi connectivity index (χ1n) is 7.97. The van der Waals surface area contributed by atoms with Crippen LogP contribution in [-0.2, 0) is 16.6 Å². The molecule has 1 aromatic carbocycles. The van der Waals surface area contributed by atoms with E-state index in [2.05, 4.69) is 5.32 Å². The van der Waals surface area contributed by atoms with Gasteiger partial charge in [0.1, 0.15) is 4.88 Å². The number of thiophene rings is 1. The smallest absolute Gasteiger partial charge is 0.270 e. The van der Waals surface area contributed by atoms with E-state index in [0.717, 1.165) is 11.1 Å². The van der Waals surface area contributed by atoms with Gasteiger partial charge in [-0.25, -0.2) is 8.42 Å². The van der Waals surface area contributed by atoms with Crippen LogP contribution in [0, 0.1) is 6.92 Å². The number of aryl methyl sites for hydroxylation is 1. The maximum atomic E-state index is 13.1. The summed E-state index contributed by atoms with van der Waals surface area (Å²) in [5.41, 5.74) is 2.44. The molecule has 1 N–H and O–H groups in total. The zero-order valence-corrected chi connectivity index (χ0v) is 15.9. The van der Waals surface area contributed by atoms with Crippen LogP contribution in [-0.4, -0.2) is 20.2 Å². The number of hydrogen-bond acceptors (Lipinski definition) is 5. The molecule has 0 unspecified atom stereocenters. The number of allylic oxidation sites excluding steroid dienone is 1. The van der Waals surface area contributed by atoms with Crippen LogP contribution < -0.4 is 9.62 Å².